The van der Waals surface area contributed by atoms with Gasteiger partial charge in [-0.1, -0.05) is 0 Å². The summed E-state index contributed by atoms with van der Waals surface area (Å²) in [5.41, 5.74) is 0. The van der Waals surface area contributed by atoms with Crippen LogP contribution in [0.5, 0.6) is 0 Å². The van der Waals surface area contributed by atoms with E-state index < -0.39 is 12.0 Å². The van der Waals surface area contributed by atoms with Gasteiger partial charge in [0.1, 0.15) is 6.04 Å². The van der Waals surface area contributed by atoms with Crippen LogP contribution in [0.4, 0.5) is 4.79 Å². The van der Waals surface area contributed by atoms with E-state index in [2.05, 4.69) is 11.8 Å². The van der Waals surface area contributed by atoms with Gasteiger partial charge in [-0.15, -0.1) is 0 Å². The monoisotopic (exact) mass is 281 g/mol. The summed E-state index contributed by atoms with van der Waals surface area (Å²) >= 11 is 0. The Kier molecular flexibility index (Phi) is 3.58. The zero-order valence-electron chi connectivity index (χ0n) is 12.0. The van der Waals surface area contributed by atoms with E-state index in [1.54, 1.807) is 4.90 Å². The lowest BCUT2D eigenvalue weighted by Crippen LogP contribution is -2.60. The van der Waals surface area contributed by atoms with E-state index in [0.29, 0.717) is 19.0 Å². The van der Waals surface area contributed by atoms with E-state index >= 15 is 0 Å². The molecule has 20 heavy (non-hydrogen) atoms. The molecule has 3 fully saturated rings. The smallest absolute Gasteiger partial charge is 0.326 e. The summed E-state index contributed by atoms with van der Waals surface area (Å²) in [6.07, 6.45) is 3.74. The van der Waals surface area contributed by atoms with Crippen molar-refractivity contribution in [3.63, 3.8) is 0 Å². The van der Waals surface area contributed by atoms with Gasteiger partial charge in [0.2, 0.25) is 0 Å². The highest BCUT2D eigenvalue weighted by molar-refractivity contribution is 5.83. The van der Waals surface area contributed by atoms with Crippen molar-refractivity contribution in [1.29, 1.82) is 0 Å². The number of fused-ring (bicyclic) bond motifs is 1. The van der Waals surface area contributed by atoms with Crippen molar-refractivity contribution in [3.05, 3.63) is 0 Å². The van der Waals surface area contributed by atoms with E-state index in [1.807, 2.05) is 4.90 Å². The third kappa shape index (κ3) is 2.26. The maximum Gasteiger partial charge on any atom is 0.326 e. The molecule has 0 radical (unpaired) electrons. The first-order valence-electron chi connectivity index (χ1n) is 7.62. The Labute approximate surface area is 119 Å². The fourth-order valence-electron chi connectivity index (χ4n) is 3.87. The Morgan fingerprint density at radius 2 is 1.80 bits per heavy atom. The summed E-state index contributed by atoms with van der Waals surface area (Å²) in [4.78, 5) is 29.8. The van der Waals surface area contributed by atoms with Crippen molar-refractivity contribution in [1.82, 2.24) is 14.7 Å². The van der Waals surface area contributed by atoms with Crippen LogP contribution in [0.15, 0.2) is 0 Å². The van der Waals surface area contributed by atoms with Gasteiger partial charge in [0.15, 0.2) is 0 Å². The Morgan fingerprint density at radius 1 is 1.05 bits per heavy atom. The maximum atomic E-state index is 12.7. The average molecular weight is 281 g/mol. The summed E-state index contributed by atoms with van der Waals surface area (Å²) in [7, 11) is 0. The highest BCUT2D eigenvalue weighted by atomic mass is 16.4. The van der Waals surface area contributed by atoms with Gasteiger partial charge in [-0.3, -0.25) is 4.90 Å². The molecule has 112 valence electrons. The minimum atomic E-state index is -0.872. The number of carbonyl (C=O) groups excluding carboxylic acids is 1. The lowest BCUT2D eigenvalue weighted by Gasteiger charge is -2.44. The molecule has 0 spiro atoms. The van der Waals surface area contributed by atoms with E-state index in [-0.39, 0.29) is 12.1 Å². The minimum absolute atomic E-state index is 0.0750. The number of carboxylic acid groups (broad SMARTS) is 1. The van der Waals surface area contributed by atoms with Gasteiger partial charge >= 0.3 is 12.0 Å². The van der Waals surface area contributed by atoms with Gasteiger partial charge < -0.3 is 14.9 Å². The van der Waals surface area contributed by atoms with Gasteiger partial charge in [-0.25, -0.2) is 9.59 Å². The van der Waals surface area contributed by atoms with Crippen LogP contribution in [0.25, 0.3) is 0 Å². The van der Waals surface area contributed by atoms with E-state index in [0.717, 1.165) is 32.5 Å². The maximum absolute atomic E-state index is 12.7. The SMILES string of the molecule is CC1CN2CCCC2CN1C(=O)N1CCC[C@H]1C(=O)O. The van der Waals surface area contributed by atoms with Crippen molar-refractivity contribution >= 4 is 12.0 Å². The van der Waals surface area contributed by atoms with Crippen LogP contribution < -0.4 is 0 Å². The number of urea groups is 1. The molecule has 1 N–H and O–H groups in total. The number of carbonyl (C=O) groups is 2. The van der Waals surface area contributed by atoms with E-state index in [9.17, 15) is 14.7 Å². The lowest BCUT2D eigenvalue weighted by molar-refractivity contribution is -0.141. The van der Waals surface area contributed by atoms with Gasteiger partial charge in [0.05, 0.1) is 0 Å². The third-order valence-electron chi connectivity index (χ3n) is 4.97. The highest BCUT2D eigenvalue weighted by Gasteiger charge is 2.41. The minimum Gasteiger partial charge on any atom is -0.480 e. The quantitative estimate of drug-likeness (QED) is 0.773. The van der Waals surface area contributed by atoms with Crippen molar-refractivity contribution < 1.29 is 14.7 Å². The van der Waals surface area contributed by atoms with Crippen molar-refractivity contribution in [2.24, 2.45) is 0 Å². The summed E-state index contributed by atoms with van der Waals surface area (Å²) in [6, 6.07) is -0.0572. The van der Waals surface area contributed by atoms with Crippen LogP contribution in [0.2, 0.25) is 0 Å². The Bertz CT molecular complexity index is 414. The second kappa shape index (κ2) is 5.24. The summed E-state index contributed by atoms with van der Waals surface area (Å²) in [5.74, 6) is -0.872. The summed E-state index contributed by atoms with van der Waals surface area (Å²) in [6.45, 7) is 5.45. The van der Waals surface area contributed by atoms with E-state index in [4.69, 9.17) is 0 Å². The van der Waals surface area contributed by atoms with Crippen LogP contribution in [-0.4, -0.2) is 76.1 Å². The number of rotatable bonds is 1. The fourth-order valence-corrected chi connectivity index (χ4v) is 3.87. The zero-order valence-corrected chi connectivity index (χ0v) is 12.0. The first-order chi connectivity index (χ1) is 9.58. The van der Waals surface area contributed by atoms with Gasteiger partial charge in [-0.2, -0.15) is 0 Å². The first-order valence-corrected chi connectivity index (χ1v) is 7.62. The highest BCUT2D eigenvalue weighted by Crippen LogP contribution is 2.27. The van der Waals surface area contributed by atoms with Gasteiger partial charge in [0.25, 0.3) is 0 Å². The van der Waals surface area contributed by atoms with Crippen molar-refractivity contribution in [2.75, 3.05) is 26.2 Å². The van der Waals surface area contributed by atoms with Crippen LogP contribution >= 0.6 is 0 Å². The molecule has 0 saturated carbocycles. The fraction of sp³-hybridized carbons (Fsp3) is 0.857. The number of likely N-dealkylation sites (tertiary alicyclic amines) is 1. The molecule has 3 aliphatic rings. The molecule has 3 rings (SSSR count). The predicted octanol–water partition coefficient (Wildman–Crippen LogP) is 0.824. The number of piperazine rings is 1. The molecule has 3 saturated heterocycles. The molecular formula is C14H23N3O3. The molecule has 3 heterocycles. The van der Waals surface area contributed by atoms with Gasteiger partial charge in [-0.05, 0) is 39.2 Å². The standard InChI is InChI=1S/C14H23N3O3/c1-10-8-15-6-2-4-11(15)9-17(10)14(20)16-7-3-5-12(16)13(18)19/h10-12H,2-9H2,1H3,(H,18,19)/t10?,11?,12-/m0/s1. The lowest BCUT2D eigenvalue weighted by atomic mass is 10.1. The Balaban J connectivity index is 1.71. The molecule has 6 heteroatoms. The van der Waals surface area contributed by atoms with Crippen LogP contribution in [0, 0.1) is 0 Å². The van der Waals surface area contributed by atoms with Crippen LogP contribution in [0.1, 0.15) is 32.6 Å². The molecule has 0 aliphatic carbocycles. The number of hydrogen-bond donors (Lipinski definition) is 1. The molecule has 0 aromatic rings. The Hall–Kier alpha value is -1.30. The molecule has 3 aliphatic heterocycles. The number of amides is 2. The molecule has 0 bridgehead atoms. The molecule has 2 amide bonds. The molecule has 0 aromatic carbocycles. The molecular weight excluding hydrogens is 258 g/mol. The number of hydrogen-bond acceptors (Lipinski definition) is 3. The molecule has 3 atom stereocenters. The van der Waals surface area contributed by atoms with Crippen molar-refractivity contribution in [3.8, 4) is 0 Å². The molecule has 2 unspecified atom stereocenters. The van der Waals surface area contributed by atoms with Crippen LogP contribution in [0.3, 0.4) is 0 Å². The number of aliphatic carboxylic acids is 1. The predicted molar refractivity (Wildman–Crippen MR) is 73.5 cm³/mol. The summed E-state index contributed by atoms with van der Waals surface area (Å²) < 4.78 is 0. The zero-order chi connectivity index (χ0) is 14.3. The largest absolute Gasteiger partial charge is 0.480 e. The normalized spacial score (nSPS) is 34.4. The third-order valence-corrected chi connectivity index (χ3v) is 4.97. The molecule has 6 nitrogen and oxygen atoms in total. The molecule has 0 aromatic heterocycles. The number of carboxylic acids is 1. The Morgan fingerprint density at radius 3 is 2.55 bits per heavy atom. The summed E-state index contributed by atoms with van der Waals surface area (Å²) in [5, 5.41) is 9.23. The number of nitrogens with zero attached hydrogens (tertiary/aromatic N) is 3. The van der Waals surface area contributed by atoms with Gasteiger partial charge in [0, 0.05) is 31.7 Å². The first kappa shape index (κ1) is 13.7. The van der Waals surface area contributed by atoms with E-state index in [1.165, 1.54) is 6.42 Å². The second-order valence-corrected chi connectivity index (χ2v) is 6.26. The topological polar surface area (TPSA) is 64.1 Å². The average Bonchev–Trinajstić information content (AvgIpc) is 3.04. The second-order valence-electron chi connectivity index (χ2n) is 6.26. The van der Waals surface area contributed by atoms with Crippen LogP contribution in [-0.2, 0) is 4.79 Å². The van der Waals surface area contributed by atoms with Crippen molar-refractivity contribution in [2.45, 2.75) is 50.7 Å².